The molecule has 0 bridgehead atoms. The molecule has 26 heavy (non-hydrogen) atoms. The zero-order valence-electron chi connectivity index (χ0n) is 14.5. The molecule has 4 rings (SSSR count). The van der Waals surface area contributed by atoms with E-state index in [1.807, 2.05) is 19.1 Å². The minimum Gasteiger partial charge on any atom is -0.492 e. The third-order valence-corrected chi connectivity index (χ3v) is 5.06. The van der Waals surface area contributed by atoms with Crippen molar-refractivity contribution in [1.82, 2.24) is 4.98 Å². The van der Waals surface area contributed by atoms with Gasteiger partial charge in [-0.1, -0.05) is 24.3 Å². The molecule has 0 spiro atoms. The molecule has 0 amide bonds. The summed E-state index contributed by atoms with van der Waals surface area (Å²) >= 11 is 0. The van der Waals surface area contributed by atoms with Gasteiger partial charge in [-0.05, 0) is 42.5 Å². The highest BCUT2D eigenvalue weighted by atomic mass is 16.5. The SMILES string of the molecule is CC(N)C1CCOc2c(C(=O)c3cccc4c(=O)[nH]ccc34)cccc21. The first-order chi connectivity index (χ1) is 12.6. The first-order valence-corrected chi connectivity index (χ1v) is 8.74. The second kappa shape index (κ2) is 6.42. The van der Waals surface area contributed by atoms with Crippen LogP contribution in [-0.2, 0) is 0 Å². The number of nitrogens with one attached hydrogen (secondary N) is 1. The molecule has 0 saturated heterocycles. The predicted octanol–water partition coefficient (Wildman–Crippen LogP) is 2.97. The van der Waals surface area contributed by atoms with Gasteiger partial charge in [0, 0.05) is 29.1 Å². The quantitative estimate of drug-likeness (QED) is 0.713. The van der Waals surface area contributed by atoms with E-state index in [9.17, 15) is 9.59 Å². The van der Waals surface area contributed by atoms with Crippen LogP contribution in [0.5, 0.6) is 5.75 Å². The number of para-hydroxylation sites is 1. The van der Waals surface area contributed by atoms with Crippen LogP contribution in [-0.4, -0.2) is 23.4 Å². The number of benzene rings is 2. The first kappa shape index (κ1) is 16.5. The maximum atomic E-state index is 13.3. The summed E-state index contributed by atoms with van der Waals surface area (Å²) in [6.07, 6.45) is 2.40. The van der Waals surface area contributed by atoms with Gasteiger partial charge in [0.05, 0.1) is 12.2 Å². The van der Waals surface area contributed by atoms with Crippen molar-refractivity contribution < 1.29 is 9.53 Å². The lowest BCUT2D eigenvalue weighted by molar-refractivity contribution is 0.103. The lowest BCUT2D eigenvalue weighted by Crippen LogP contribution is -2.30. The summed E-state index contributed by atoms with van der Waals surface area (Å²) in [5.41, 5.74) is 7.91. The van der Waals surface area contributed by atoms with E-state index in [0.29, 0.717) is 34.3 Å². The molecular formula is C21H20N2O3. The van der Waals surface area contributed by atoms with E-state index in [1.165, 1.54) is 0 Å². The fourth-order valence-electron chi connectivity index (χ4n) is 3.74. The van der Waals surface area contributed by atoms with Crippen LogP contribution in [0.25, 0.3) is 10.8 Å². The van der Waals surface area contributed by atoms with Gasteiger partial charge in [0.15, 0.2) is 5.78 Å². The molecule has 0 aliphatic carbocycles. The van der Waals surface area contributed by atoms with Crippen molar-refractivity contribution in [3.63, 3.8) is 0 Å². The van der Waals surface area contributed by atoms with Crippen molar-refractivity contribution in [1.29, 1.82) is 0 Å². The van der Waals surface area contributed by atoms with Crippen molar-refractivity contribution in [2.45, 2.75) is 25.3 Å². The van der Waals surface area contributed by atoms with Crippen LogP contribution in [0.3, 0.4) is 0 Å². The van der Waals surface area contributed by atoms with Crippen LogP contribution in [0, 0.1) is 0 Å². The number of aromatic nitrogens is 1. The standard InChI is InChI=1S/C21H20N2O3/c1-12(22)13-9-11-26-20-16(13)5-3-7-18(20)19(24)15-4-2-6-17-14(15)8-10-23-21(17)25/h2-8,10,12-13H,9,11,22H2,1H3,(H,23,25). The number of carbonyl (C=O) groups excluding carboxylic acids is 1. The van der Waals surface area contributed by atoms with E-state index >= 15 is 0 Å². The fraction of sp³-hybridized carbons (Fsp3) is 0.238. The number of hydrogen-bond donors (Lipinski definition) is 2. The van der Waals surface area contributed by atoms with Crippen LogP contribution in [0.1, 0.15) is 40.7 Å². The third-order valence-electron chi connectivity index (χ3n) is 5.06. The Morgan fingerprint density at radius 1 is 1.15 bits per heavy atom. The average molecular weight is 348 g/mol. The van der Waals surface area contributed by atoms with Gasteiger partial charge in [-0.2, -0.15) is 0 Å². The number of hydrogen-bond acceptors (Lipinski definition) is 4. The van der Waals surface area contributed by atoms with Gasteiger partial charge in [-0.25, -0.2) is 0 Å². The Balaban J connectivity index is 1.88. The van der Waals surface area contributed by atoms with E-state index in [-0.39, 0.29) is 23.3 Å². The van der Waals surface area contributed by atoms with Gasteiger partial charge >= 0.3 is 0 Å². The van der Waals surface area contributed by atoms with Crippen molar-refractivity contribution >= 4 is 16.6 Å². The molecular weight excluding hydrogens is 328 g/mol. The van der Waals surface area contributed by atoms with E-state index in [2.05, 4.69) is 4.98 Å². The molecule has 2 aromatic carbocycles. The smallest absolute Gasteiger partial charge is 0.255 e. The number of aromatic amines is 1. The molecule has 0 fully saturated rings. The molecule has 5 nitrogen and oxygen atoms in total. The highest BCUT2D eigenvalue weighted by Gasteiger charge is 2.28. The monoisotopic (exact) mass is 348 g/mol. The topological polar surface area (TPSA) is 85.2 Å². The molecule has 1 aliphatic heterocycles. The third kappa shape index (κ3) is 2.61. The van der Waals surface area contributed by atoms with Crippen molar-refractivity contribution in [3.05, 3.63) is 75.7 Å². The number of fused-ring (bicyclic) bond motifs is 2. The van der Waals surface area contributed by atoms with Gasteiger partial charge in [0.25, 0.3) is 5.56 Å². The highest BCUT2D eigenvalue weighted by Crippen LogP contribution is 2.38. The van der Waals surface area contributed by atoms with Gasteiger partial charge in [-0.3, -0.25) is 9.59 Å². The summed E-state index contributed by atoms with van der Waals surface area (Å²) in [5.74, 6) is 0.637. The van der Waals surface area contributed by atoms with E-state index < -0.39 is 0 Å². The van der Waals surface area contributed by atoms with Crippen molar-refractivity contribution in [3.8, 4) is 5.75 Å². The summed E-state index contributed by atoms with van der Waals surface area (Å²) in [6.45, 7) is 2.52. The van der Waals surface area contributed by atoms with Crippen molar-refractivity contribution in [2.24, 2.45) is 5.73 Å². The number of carbonyl (C=O) groups is 1. The Morgan fingerprint density at radius 2 is 1.92 bits per heavy atom. The molecule has 1 aromatic heterocycles. The van der Waals surface area contributed by atoms with Gasteiger partial charge in [0.2, 0.25) is 0 Å². The summed E-state index contributed by atoms with van der Waals surface area (Å²) in [6, 6.07) is 12.6. The van der Waals surface area contributed by atoms with Gasteiger partial charge in [-0.15, -0.1) is 0 Å². The maximum Gasteiger partial charge on any atom is 0.255 e. The molecule has 0 saturated carbocycles. The summed E-state index contributed by atoms with van der Waals surface area (Å²) in [7, 11) is 0. The van der Waals surface area contributed by atoms with Gasteiger partial charge in [0.1, 0.15) is 5.75 Å². The number of ketones is 1. The normalized spacial score (nSPS) is 17.4. The molecule has 2 atom stereocenters. The average Bonchev–Trinajstić information content (AvgIpc) is 2.66. The largest absolute Gasteiger partial charge is 0.492 e. The molecule has 3 N–H and O–H groups in total. The molecule has 5 heteroatoms. The zero-order valence-corrected chi connectivity index (χ0v) is 14.5. The zero-order chi connectivity index (χ0) is 18.3. The van der Waals surface area contributed by atoms with Crippen LogP contribution in [0.2, 0.25) is 0 Å². The molecule has 132 valence electrons. The highest BCUT2D eigenvalue weighted by molar-refractivity contribution is 6.17. The molecule has 2 heterocycles. The molecule has 0 radical (unpaired) electrons. The van der Waals surface area contributed by atoms with E-state index in [1.54, 1.807) is 36.5 Å². The van der Waals surface area contributed by atoms with Crippen LogP contribution >= 0.6 is 0 Å². The Kier molecular flexibility index (Phi) is 4.09. The summed E-state index contributed by atoms with van der Waals surface area (Å²) in [4.78, 5) is 28.0. The lowest BCUT2D eigenvalue weighted by Gasteiger charge is -2.29. The Bertz CT molecular complexity index is 1050. The number of pyridine rings is 1. The van der Waals surface area contributed by atoms with Crippen LogP contribution < -0.4 is 16.0 Å². The predicted molar refractivity (Wildman–Crippen MR) is 101 cm³/mol. The fourth-order valence-corrected chi connectivity index (χ4v) is 3.74. The van der Waals surface area contributed by atoms with Crippen LogP contribution in [0.15, 0.2) is 53.5 Å². The van der Waals surface area contributed by atoms with Crippen LogP contribution in [0.4, 0.5) is 0 Å². The molecule has 3 aromatic rings. The lowest BCUT2D eigenvalue weighted by atomic mass is 9.85. The van der Waals surface area contributed by atoms with Gasteiger partial charge < -0.3 is 15.5 Å². The van der Waals surface area contributed by atoms with E-state index in [0.717, 1.165) is 12.0 Å². The first-order valence-electron chi connectivity index (χ1n) is 8.74. The Morgan fingerprint density at radius 3 is 2.73 bits per heavy atom. The second-order valence-corrected chi connectivity index (χ2v) is 6.73. The number of rotatable bonds is 3. The summed E-state index contributed by atoms with van der Waals surface area (Å²) in [5, 5.41) is 1.14. The number of H-pyrrole nitrogens is 1. The second-order valence-electron chi connectivity index (χ2n) is 6.73. The summed E-state index contributed by atoms with van der Waals surface area (Å²) < 4.78 is 5.87. The maximum absolute atomic E-state index is 13.3. The van der Waals surface area contributed by atoms with Crippen molar-refractivity contribution in [2.75, 3.05) is 6.61 Å². The minimum atomic E-state index is -0.208. The number of ether oxygens (including phenoxy) is 1. The Labute approximate surface area is 150 Å². The molecule has 1 aliphatic rings. The minimum absolute atomic E-state index is 0.0147. The van der Waals surface area contributed by atoms with E-state index in [4.69, 9.17) is 10.5 Å². The molecule has 2 unspecified atom stereocenters. The Hall–Kier alpha value is -2.92. The number of nitrogens with two attached hydrogens (primary N) is 1.